The molecule has 0 radical (unpaired) electrons. The van der Waals surface area contributed by atoms with E-state index in [9.17, 15) is 4.79 Å². The van der Waals surface area contributed by atoms with Gasteiger partial charge in [-0.25, -0.2) is 0 Å². The average molecular weight is 409 g/mol. The molecule has 2 unspecified atom stereocenters. The zero-order chi connectivity index (χ0) is 16.7. The van der Waals surface area contributed by atoms with Crippen LogP contribution < -0.4 is 0 Å². The van der Waals surface area contributed by atoms with Gasteiger partial charge in [0, 0.05) is 0 Å². The van der Waals surface area contributed by atoms with Gasteiger partial charge in [0.2, 0.25) is 0 Å². The first-order valence-corrected chi connectivity index (χ1v) is 18.9. The van der Waals surface area contributed by atoms with Gasteiger partial charge < -0.3 is 0 Å². The number of rotatable bonds is 3. The quantitative estimate of drug-likeness (QED) is 0.509. The van der Waals surface area contributed by atoms with Crippen molar-refractivity contribution in [1.29, 1.82) is 0 Å². The molecular weight excluding hydrogens is 388 g/mol. The van der Waals surface area contributed by atoms with Crippen molar-refractivity contribution in [1.82, 2.24) is 0 Å². The van der Waals surface area contributed by atoms with Crippen molar-refractivity contribution in [3.63, 3.8) is 0 Å². The number of fused-ring (bicyclic) bond motifs is 2. The van der Waals surface area contributed by atoms with E-state index >= 15 is 0 Å². The van der Waals surface area contributed by atoms with E-state index < -0.39 is 24.3 Å². The Kier molecular flexibility index (Phi) is 4.18. The molecule has 24 heavy (non-hydrogen) atoms. The third-order valence-corrected chi connectivity index (χ3v) is 33.1. The molecule has 0 fully saturated rings. The molecule has 2 aliphatic rings. The van der Waals surface area contributed by atoms with Gasteiger partial charge in [0.25, 0.3) is 0 Å². The SMILES string of the molecule is C[Si](C)=[Zr]([CH]=O)([CH]1C=Cc2ccccc21)[CH]1C=Cc2ccccc21. The van der Waals surface area contributed by atoms with Gasteiger partial charge in [0.1, 0.15) is 0 Å². The zero-order valence-electron chi connectivity index (χ0n) is 14.1. The summed E-state index contributed by atoms with van der Waals surface area (Å²) in [6, 6.07) is 17.3. The Morgan fingerprint density at radius 3 is 1.71 bits per heavy atom. The summed E-state index contributed by atoms with van der Waals surface area (Å²) < 4.78 is 2.23. The Morgan fingerprint density at radius 1 is 0.833 bits per heavy atom. The molecule has 119 valence electrons. The molecule has 1 nitrogen and oxygen atoms in total. The van der Waals surface area contributed by atoms with Gasteiger partial charge in [0.15, 0.2) is 0 Å². The summed E-state index contributed by atoms with van der Waals surface area (Å²) in [6.07, 6.45) is 9.18. The molecule has 0 saturated carbocycles. The Bertz CT molecular complexity index is 869. The fourth-order valence-electron chi connectivity index (χ4n) is 4.41. The molecular formula is C21H21OSiZr. The summed E-state index contributed by atoms with van der Waals surface area (Å²) in [5.41, 5.74) is 4.71. The molecule has 0 bridgehead atoms. The fraction of sp³-hybridized carbons (Fsp3) is 0.190. The van der Waals surface area contributed by atoms with Gasteiger partial charge in [-0.05, 0) is 0 Å². The molecule has 4 rings (SSSR count). The maximum absolute atomic E-state index is 12.7. The molecule has 0 spiro atoms. The monoisotopic (exact) mass is 407 g/mol. The molecule has 2 atom stereocenters. The average Bonchev–Trinajstić information content (AvgIpc) is 3.22. The third-order valence-electron chi connectivity index (χ3n) is 5.69. The van der Waals surface area contributed by atoms with E-state index in [1.807, 2.05) is 0 Å². The van der Waals surface area contributed by atoms with Gasteiger partial charge in [-0.15, -0.1) is 0 Å². The van der Waals surface area contributed by atoms with Crippen LogP contribution >= 0.6 is 0 Å². The van der Waals surface area contributed by atoms with E-state index in [2.05, 4.69) is 85.9 Å². The van der Waals surface area contributed by atoms with Crippen molar-refractivity contribution in [2.75, 3.05) is 0 Å². The summed E-state index contributed by atoms with van der Waals surface area (Å²) in [4.78, 5) is 12.7. The number of benzene rings is 2. The number of allylic oxidation sites excluding steroid dienone is 2. The van der Waals surface area contributed by atoms with Gasteiger partial charge in [-0.3, -0.25) is 0 Å². The van der Waals surface area contributed by atoms with Gasteiger partial charge in [0.05, 0.1) is 0 Å². The summed E-state index contributed by atoms with van der Waals surface area (Å²) >= 11 is -3.19. The van der Waals surface area contributed by atoms with Crippen LogP contribution in [0, 0.1) is 0 Å². The first kappa shape index (κ1) is 16.2. The minimum absolute atomic E-state index is 0.373. The van der Waals surface area contributed by atoms with E-state index in [0.717, 1.165) is 0 Å². The van der Waals surface area contributed by atoms with Crippen LogP contribution in [0.15, 0.2) is 60.7 Å². The second-order valence-corrected chi connectivity index (χ2v) is 29.7. The van der Waals surface area contributed by atoms with Crippen molar-refractivity contribution < 1.29 is 23.7 Å². The van der Waals surface area contributed by atoms with Crippen LogP contribution in [0.2, 0.25) is 13.1 Å². The van der Waals surface area contributed by atoms with E-state index in [4.69, 9.17) is 0 Å². The summed E-state index contributed by atoms with van der Waals surface area (Å²) in [7, 11) is 0. The van der Waals surface area contributed by atoms with Crippen LogP contribution in [0.25, 0.3) is 12.2 Å². The summed E-state index contributed by atoms with van der Waals surface area (Å²) in [6.45, 7) is 4.75. The number of carbonyl (C=O) groups is 1. The molecule has 2 aliphatic carbocycles. The maximum atomic E-state index is 12.7. The predicted octanol–water partition coefficient (Wildman–Crippen LogP) is 5.12. The van der Waals surface area contributed by atoms with E-state index in [-0.39, 0.29) is 0 Å². The van der Waals surface area contributed by atoms with Gasteiger partial charge in [-0.1, -0.05) is 0 Å². The van der Waals surface area contributed by atoms with Crippen molar-refractivity contribution in [3.8, 4) is 0 Å². The Morgan fingerprint density at radius 2 is 1.29 bits per heavy atom. The molecule has 2 aromatic rings. The number of carbonyl (C=O) groups excluding carboxylic acids is 1. The second-order valence-electron chi connectivity index (χ2n) is 6.98. The minimum atomic E-state index is -3.19. The molecule has 0 N–H and O–H groups in total. The van der Waals surface area contributed by atoms with Crippen LogP contribution in [-0.4, -0.2) is 9.43 Å². The van der Waals surface area contributed by atoms with E-state index in [1.54, 1.807) is 0 Å². The van der Waals surface area contributed by atoms with E-state index in [0.29, 0.717) is 7.25 Å². The molecule has 0 saturated heterocycles. The summed E-state index contributed by atoms with van der Waals surface area (Å²) in [5.74, 6) is 0. The van der Waals surface area contributed by atoms with Gasteiger partial charge in [-0.2, -0.15) is 0 Å². The predicted molar refractivity (Wildman–Crippen MR) is 101 cm³/mol. The second kappa shape index (κ2) is 6.20. The third kappa shape index (κ3) is 2.25. The normalized spacial score (nSPS) is 22.8. The van der Waals surface area contributed by atoms with Crippen molar-refractivity contribution in [3.05, 3.63) is 82.9 Å². The van der Waals surface area contributed by atoms with Crippen LogP contribution in [0.3, 0.4) is 0 Å². The Hall–Kier alpha value is -1.31. The zero-order valence-corrected chi connectivity index (χ0v) is 17.5. The van der Waals surface area contributed by atoms with Crippen LogP contribution in [0.1, 0.15) is 29.5 Å². The van der Waals surface area contributed by atoms with Crippen LogP contribution in [0.5, 0.6) is 0 Å². The molecule has 0 aliphatic heterocycles. The van der Waals surface area contributed by atoms with Gasteiger partial charge >= 0.3 is 149 Å². The van der Waals surface area contributed by atoms with Crippen molar-refractivity contribution >= 4 is 21.6 Å². The standard InChI is InChI=1S/2C9H7.C2H6Si.CHO.Zr/c2*1-2-5-9-7-3-6-8(9)4-1;1-3-2;1-2;/h2*1-7H;1-2H3;1H;. The van der Waals surface area contributed by atoms with E-state index in [1.165, 1.54) is 26.2 Å². The Balaban J connectivity index is 1.95. The topological polar surface area (TPSA) is 17.1 Å². The first-order valence-electron chi connectivity index (χ1n) is 8.49. The van der Waals surface area contributed by atoms with Crippen molar-refractivity contribution in [2.24, 2.45) is 0 Å². The first-order chi connectivity index (χ1) is 11.7. The molecule has 2 aromatic carbocycles. The molecule has 0 amide bonds. The Labute approximate surface area is 148 Å². The van der Waals surface area contributed by atoms with Crippen LogP contribution in [-0.2, 0) is 23.7 Å². The number of hydrogen-bond acceptors (Lipinski definition) is 1. The fourth-order valence-corrected chi connectivity index (χ4v) is 27.3. The van der Waals surface area contributed by atoms with Crippen LogP contribution in [0.4, 0.5) is 0 Å². The number of hydrogen-bond donors (Lipinski definition) is 0. The molecule has 0 heterocycles. The van der Waals surface area contributed by atoms with Crippen molar-refractivity contribution in [2.45, 2.75) is 20.3 Å². The molecule has 3 heteroatoms. The molecule has 0 aromatic heterocycles. The summed E-state index contributed by atoms with van der Waals surface area (Å²) in [5, 5.41) is 0.